The number of nitrogens with one attached hydrogen (secondary N) is 2. The summed E-state index contributed by atoms with van der Waals surface area (Å²) in [5.74, 6) is 0.448. The molecule has 26 heavy (non-hydrogen) atoms. The number of rotatable bonds is 4. The van der Waals surface area contributed by atoms with Crippen LogP contribution in [0.5, 0.6) is 11.5 Å². The molecule has 2 aromatic carbocycles. The van der Waals surface area contributed by atoms with E-state index < -0.39 is 15.9 Å². The fourth-order valence-electron chi connectivity index (χ4n) is 3.14. The molecule has 0 fully saturated rings. The molecule has 0 saturated heterocycles. The van der Waals surface area contributed by atoms with Gasteiger partial charge in [-0.2, -0.15) is 0 Å². The Balaban J connectivity index is 1.47. The first-order chi connectivity index (χ1) is 12.5. The smallest absolute Gasteiger partial charge is 0.266 e. The summed E-state index contributed by atoms with van der Waals surface area (Å²) in [5, 5.41) is 0. The molecule has 2 aliphatic rings. The van der Waals surface area contributed by atoms with Crippen molar-refractivity contribution in [3.05, 3.63) is 53.1 Å². The van der Waals surface area contributed by atoms with Gasteiger partial charge in [-0.05, 0) is 60.7 Å². The van der Waals surface area contributed by atoms with Crippen LogP contribution in [0.3, 0.4) is 0 Å². The van der Waals surface area contributed by atoms with Gasteiger partial charge in [0.15, 0.2) is 11.5 Å². The van der Waals surface area contributed by atoms with Crippen LogP contribution in [0.2, 0.25) is 0 Å². The van der Waals surface area contributed by atoms with E-state index in [-0.39, 0.29) is 10.5 Å². The third kappa shape index (κ3) is 3.25. The number of carbonyl (C=O) groups is 1. The Morgan fingerprint density at radius 3 is 2.54 bits per heavy atom. The Morgan fingerprint density at radius 1 is 0.923 bits per heavy atom. The summed E-state index contributed by atoms with van der Waals surface area (Å²) in [6.45, 7) is 0.863. The summed E-state index contributed by atoms with van der Waals surface area (Å²) in [7, 11) is -3.84. The molecule has 136 valence electrons. The fourth-order valence-corrected chi connectivity index (χ4v) is 4.03. The number of aryl methyl sites for hydroxylation is 2. The number of hydrogen-bond donors (Lipinski definition) is 2. The summed E-state index contributed by atoms with van der Waals surface area (Å²) in [4.78, 5) is 14.5. The van der Waals surface area contributed by atoms with E-state index >= 15 is 0 Å². The molecule has 1 aliphatic carbocycles. The van der Waals surface area contributed by atoms with Gasteiger partial charge in [-0.3, -0.25) is 10.2 Å². The van der Waals surface area contributed by atoms with E-state index in [2.05, 4.69) is 10.3 Å². The summed E-state index contributed by atoms with van der Waals surface area (Å²) in [6, 6.07) is 9.75. The zero-order chi connectivity index (χ0) is 18.1. The predicted octanol–water partition coefficient (Wildman–Crippen LogP) is 1.57. The van der Waals surface area contributed by atoms with Gasteiger partial charge in [0.1, 0.15) is 13.2 Å². The molecule has 7 nitrogen and oxygen atoms in total. The van der Waals surface area contributed by atoms with E-state index in [9.17, 15) is 13.2 Å². The Hall–Kier alpha value is -2.58. The lowest BCUT2D eigenvalue weighted by Crippen LogP contribution is -2.41. The molecule has 0 spiro atoms. The standard InChI is InChI=1S/C18H18N2O5S/c21-18(14-5-7-16-17(11-14)25-9-8-24-16)19-20-26(22,23)15-6-4-12-2-1-3-13(12)10-15/h4-7,10-11,20H,1-3,8-9H2,(H,19,21). The molecule has 2 aromatic rings. The Labute approximate surface area is 151 Å². The van der Waals surface area contributed by atoms with Gasteiger partial charge in [-0.1, -0.05) is 6.07 Å². The van der Waals surface area contributed by atoms with Crippen LogP contribution in [0.25, 0.3) is 0 Å². The number of hydrogen-bond acceptors (Lipinski definition) is 5. The first-order valence-corrected chi connectivity index (χ1v) is 9.85. The summed E-state index contributed by atoms with van der Waals surface area (Å²) < 4.78 is 35.7. The number of fused-ring (bicyclic) bond motifs is 2. The Morgan fingerprint density at radius 2 is 1.69 bits per heavy atom. The van der Waals surface area contributed by atoms with Gasteiger partial charge in [0.05, 0.1) is 4.90 Å². The molecule has 1 aliphatic heterocycles. The lowest BCUT2D eigenvalue weighted by Gasteiger charge is -2.18. The molecule has 0 radical (unpaired) electrons. The quantitative estimate of drug-likeness (QED) is 0.793. The number of sulfonamides is 1. The van der Waals surface area contributed by atoms with Crippen molar-refractivity contribution < 1.29 is 22.7 Å². The second kappa shape index (κ2) is 6.62. The predicted molar refractivity (Wildman–Crippen MR) is 93.7 cm³/mol. The van der Waals surface area contributed by atoms with Crippen molar-refractivity contribution in [2.45, 2.75) is 24.2 Å². The number of benzene rings is 2. The molecule has 0 bridgehead atoms. The van der Waals surface area contributed by atoms with E-state index in [0.717, 1.165) is 24.8 Å². The van der Waals surface area contributed by atoms with Crippen molar-refractivity contribution in [1.82, 2.24) is 10.3 Å². The Kier molecular flexibility index (Phi) is 4.29. The molecular weight excluding hydrogens is 356 g/mol. The third-order valence-corrected chi connectivity index (χ3v) is 5.73. The van der Waals surface area contributed by atoms with Crippen LogP contribution < -0.4 is 19.7 Å². The Bertz CT molecular complexity index is 972. The van der Waals surface area contributed by atoms with Crippen molar-refractivity contribution in [2.75, 3.05) is 13.2 Å². The van der Waals surface area contributed by atoms with Crippen LogP contribution in [0, 0.1) is 0 Å². The van der Waals surface area contributed by atoms with Gasteiger partial charge in [0.2, 0.25) is 0 Å². The van der Waals surface area contributed by atoms with Crippen molar-refractivity contribution >= 4 is 15.9 Å². The van der Waals surface area contributed by atoms with Gasteiger partial charge >= 0.3 is 0 Å². The topological polar surface area (TPSA) is 93.7 Å². The van der Waals surface area contributed by atoms with Crippen LogP contribution in [0.4, 0.5) is 0 Å². The maximum absolute atomic E-state index is 12.4. The molecule has 4 rings (SSSR count). The maximum Gasteiger partial charge on any atom is 0.266 e. The van der Waals surface area contributed by atoms with Crippen LogP contribution in [0.15, 0.2) is 41.3 Å². The van der Waals surface area contributed by atoms with Gasteiger partial charge in [-0.25, -0.2) is 8.42 Å². The highest BCUT2D eigenvalue weighted by Crippen LogP contribution is 2.30. The normalized spacial score (nSPS) is 15.4. The lowest BCUT2D eigenvalue weighted by atomic mass is 10.1. The minimum atomic E-state index is -3.84. The largest absolute Gasteiger partial charge is 0.486 e. The highest BCUT2D eigenvalue weighted by atomic mass is 32.2. The van der Waals surface area contributed by atoms with Crippen LogP contribution in [0.1, 0.15) is 27.9 Å². The first kappa shape index (κ1) is 16.9. The molecule has 2 N–H and O–H groups in total. The second-order valence-electron chi connectivity index (χ2n) is 6.20. The average molecular weight is 374 g/mol. The van der Waals surface area contributed by atoms with Crippen LogP contribution >= 0.6 is 0 Å². The van der Waals surface area contributed by atoms with E-state index in [4.69, 9.17) is 9.47 Å². The molecule has 0 aromatic heterocycles. The summed E-state index contributed by atoms with van der Waals surface area (Å²) >= 11 is 0. The number of amides is 1. The minimum Gasteiger partial charge on any atom is -0.486 e. The second-order valence-corrected chi connectivity index (χ2v) is 7.88. The SMILES string of the molecule is O=C(NNS(=O)(=O)c1ccc2c(c1)CCC2)c1ccc2c(c1)OCCO2. The van der Waals surface area contributed by atoms with Crippen LogP contribution in [-0.2, 0) is 22.9 Å². The van der Waals surface area contributed by atoms with E-state index in [1.54, 1.807) is 24.3 Å². The van der Waals surface area contributed by atoms with E-state index in [0.29, 0.717) is 24.7 Å². The van der Waals surface area contributed by atoms with Crippen molar-refractivity contribution in [3.63, 3.8) is 0 Å². The maximum atomic E-state index is 12.4. The first-order valence-electron chi connectivity index (χ1n) is 8.36. The lowest BCUT2D eigenvalue weighted by molar-refractivity contribution is 0.0944. The average Bonchev–Trinajstić information content (AvgIpc) is 3.13. The van der Waals surface area contributed by atoms with Gasteiger partial charge in [0.25, 0.3) is 15.9 Å². The van der Waals surface area contributed by atoms with Crippen LogP contribution in [-0.4, -0.2) is 27.5 Å². The fraction of sp³-hybridized carbons (Fsp3) is 0.278. The monoisotopic (exact) mass is 374 g/mol. The number of carbonyl (C=O) groups excluding carboxylic acids is 1. The summed E-state index contributed by atoms with van der Waals surface area (Å²) in [5.41, 5.74) is 4.74. The molecule has 8 heteroatoms. The van der Waals surface area contributed by atoms with Gasteiger partial charge in [0, 0.05) is 5.56 Å². The number of ether oxygens (including phenoxy) is 2. The van der Waals surface area contributed by atoms with Crippen molar-refractivity contribution in [2.24, 2.45) is 0 Å². The van der Waals surface area contributed by atoms with E-state index in [1.165, 1.54) is 11.6 Å². The number of hydrazine groups is 1. The molecular formula is C18H18N2O5S. The van der Waals surface area contributed by atoms with Crippen molar-refractivity contribution in [1.29, 1.82) is 0 Å². The van der Waals surface area contributed by atoms with Gasteiger partial charge < -0.3 is 9.47 Å². The molecule has 1 heterocycles. The van der Waals surface area contributed by atoms with Crippen molar-refractivity contribution in [3.8, 4) is 11.5 Å². The van der Waals surface area contributed by atoms with E-state index in [1.807, 2.05) is 6.07 Å². The minimum absolute atomic E-state index is 0.139. The zero-order valence-corrected chi connectivity index (χ0v) is 14.8. The summed E-state index contributed by atoms with van der Waals surface area (Å²) in [6.07, 6.45) is 2.89. The molecule has 0 saturated carbocycles. The molecule has 0 atom stereocenters. The highest BCUT2D eigenvalue weighted by molar-refractivity contribution is 7.89. The molecule has 1 amide bonds. The third-order valence-electron chi connectivity index (χ3n) is 4.48. The zero-order valence-electron chi connectivity index (χ0n) is 13.9. The van der Waals surface area contributed by atoms with Gasteiger partial charge in [-0.15, -0.1) is 4.83 Å². The molecule has 0 unspecified atom stereocenters. The highest BCUT2D eigenvalue weighted by Gasteiger charge is 2.20.